The smallest absolute Gasteiger partial charge is 0 e. The predicted molar refractivity (Wildman–Crippen MR) is 17.3 cm³/mol. The van der Waals surface area contributed by atoms with E-state index in [1.807, 2.05) is 0 Å². The first-order valence-electron chi connectivity index (χ1n) is 0. The third kappa shape index (κ3) is 9.33. The molecule has 0 nitrogen and oxygen atoms in total. The number of rotatable bonds is 0. The molecule has 0 aliphatic heterocycles. The summed E-state index contributed by atoms with van der Waals surface area (Å²) in [4.78, 5) is 0. The molecule has 0 rings (SSSR count). The first-order valence-corrected chi connectivity index (χ1v) is 0. The molecule has 4 heteroatoms. The van der Waals surface area contributed by atoms with Crippen LogP contribution in [-0.4, -0.2) is 97.6 Å². The van der Waals surface area contributed by atoms with Crippen LogP contribution in [0.4, 0.5) is 0 Å². The summed E-state index contributed by atoms with van der Waals surface area (Å²) in [7, 11) is 0. The zero-order valence-electron chi connectivity index (χ0n) is 2.41. The Bertz CT molecular complexity index is 8.00. The third-order valence-corrected chi connectivity index (χ3v) is 0. The molecule has 0 atom stereocenters. The van der Waals surface area contributed by atoms with E-state index >= 15 is 0 Å². The molecule has 0 aromatic rings. The van der Waals surface area contributed by atoms with Crippen molar-refractivity contribution >= 4 is 97.6 Å². The van der Waals surface area contributed by atoms with Gasteiger partial charge in [0, 0.05) is 124 Å². The van der Waals surface area contributed by atoms with Gasteiger partial charge in [0.2, 0.25) is 0 Å². The van der Waals surface area contributed by atoms with Crippen molar-refractivity contribution in [3.05, 3.63) is 0 Å². The molecule has 8 radical (unpaired) electrons. The Balaban J connectivity index is 0. The van der Waals surface area contributed by atoms with Crippen LogP contribution in [0.3, 0.4) is 0 Å². The Kier molecular flexibility index (Phi) is 97.3. The Labute approximate surface area is 120 Å². The largest absolute Gasteiger partial charge is 0 e. The van der Waals surface area contributed by atoms with E-state index in [1.165, 1.54) is 0 Å². The van der Waals surface area contributed by atoms with Crippen molar-refractivity contribution in [2.75, 3.05) is 0 Å². The van der Waals surface area contributed by atoms with Gasteiger partial charge in [0.15, 0.2) is 0 Å². The second-order valence-electron chi connectivity index (χ2n) is 0. The van der Waals surface area contributed by atoms with Gasteiger partial charge in [-0.3, -0.25) is 0 Å². The van der Waals surface area contributed by atoms with Crippen LogP contribution >= 0.6 is 0 Å². The van der Waals surface area contributed by atoms with Gasteiger partial charge in [-0.2, -0.15) is 0 Å². The van der Waals surface area contributed by atoms with E-state index in [1.54, 1.807) is 0 Å². The third-order valence-electron chi connectivity index (χ3n) is 0. The molecule has 0 saturated heterocycles. The molecule has 12 valence electrons. The average Bonchev–Trinajstić information content (AvgIpc) is 0. The summed E-state index contributed by atoms with van der Waals surface area (Å²) in [5.74, 6) is 0. The topological polar surface area (TPSA) is 0 Å². The Morgan fingerprint density at radius 3 is 1.00 bits per heavy atom. The molecule has 0 unspecified atom stereocenters. The van der Waals surface area contributed by atoms with Crippen molar-refractivity contribution in [1.82, 2.24) is 0 Å². The Morgan fingerprint density at radius 2 is 1.00 bits per heavy atom. The Morgan fingerprint density at radius 1 is 1.00 bits per heavy atom. The fourth-order valence-corrected chi connectivity index (χ4v) is 0. The molecule has 0 heterocycles. The van der Waals surface area contributed by atoms with Crippen LogP contribution in [0.1, 0.15) is 0 Å². The molecule has 0 aliphatic carbocycles. The number of hydrogen-bond acceptors (Lipinski definition) is 0. The molecule has 0 saturated carbocycles. The van der Waals surface area contributed by atoms with Crippen LogP contribution in [0.2, 0.25) is 0 Å². The predicted octanol–water partition coefficient (Wildman–Crippen LogP) is -1.14. The van der Waals surface area contributed by atoms with E-state index in [2.05, 4.69) is 0 Å². The second-order valence-corrected chi connectivity index (χ2v) is 0. The van der Waals surface area contributed by atoms with Crippen molar-refractivity contribution in [3.63, 3.8) is 0 Å². The molecule has 0 fully saturated rings. The molecule has 0 amide bonds. The normalized spacial score (nSPS) is 0. The van der Waals surface area contributed by atoms with Gasteiger partial charge in [0.25, 0.3) is 0 Å². The summed E-state index contributed by atoms with van der Waals surface area (Å²) in [6, 6.07) is 0. The number of hydrogen-bond donors (Lipinski definition) is 0. The van der Waals surface area contributed by atoms with Gasteiger partial charge in [-0.1, -0.05) is 0 Å². The molecule has 0 aromatic carbocycles. The fourth-order valence-electron chi connectivity index (χ4n) is 0. The first kappa shape index (κ1) is 24.7. The molecular weight excluding hydrogens is 297 g/mol. The maximum atomic E-state index is 0. The zero-order valence-corrected chi connectivity index (χ0v) is 12.5. The van der Waals surface area contributed by atoms with Gasteiger partial charge in [-0.05, 0) is 0 Å². The Hall–Kier alpha value is 3.93. The van der Waals surface area contributed by atoms with Crippen molar-refractivity contribution < 1.29 is 26.2 Å². The van der Waals surface area contributed by atoms with E-state index in [-0.39, 0.29) is 124 Å². The molecule has 0 aromatic heterocycles. The molecule has 4 heavy (non-hydrogen) atoms. The average molecular weight is 297 g/mol. The SMILES string of the molecule is [Ba].[Ca].[Si].[Zr]. The maximum Gasteiger partial charge on any atom is 0 e. The van der Waals surface area contributed by atoms with Gasteiger partial charge >= 0.3 is 0 Å². The minimum atomic E-state index is 0. The van der Waals surface area contributed by atoms with Gasteiger partial charge in [0.1, 0.15) is 0 Å². The van der Waals surface area contributed by atoms with Crippen LogP contribution in [-0.2, 0) is 26.2 Å². The molecule has 0 spiro atoms. The van der Waals surface area contributed by atoms with Crippen LogP contribution < -0.4 is 0 Å². The maximum absolute atomic E-state index is 0. The van der Waals surface area contributed by atoms with Crippen molar-refractivity contribution in [1.29, 1.82) is 0 Å². The standard InChI is InChI=1S/Ba.Ca.Si.Zr. The van der Waals surface area contributed by atoms with Crippen molar-refractivity contribution in [2.24, 2.45) is 0 Å². The van der Waals surface area contributed by atoms with E-state index in [9.17, 15) is 0 Å². The summed E-state index contributed by atoms with van der Waals surface area (Å²) in [5, 5.41) is 0. The van der Waals surface area contributed by atoms with E-state index in [0.717, 1.165) is 0 Å². The van der Waals surface area contributed by atoms with Crippen LogP contribution in [0.25, 0.3) is 0 Å². The van der Waals surface area contributed by atoms with Gasteiger partial charge in [-0.25, -0.2) is 0 Å². The summed E-state index contributed by atoms with van der Waals surface area (Å²) in [6.07, 6.45) is 0. The van der Waals surface area contributed by atoms with Gasteiger partial charge in [-0.15, -0.1) is 0 Å². The van der Waals surface area contributed by atoms with E-state index in [4.69, 9.17) is 0 Å². The minimum Gasteiger partial charge on any atom is 0 e. The second kappa shape index (κ2) is 15.8. The summed E-state index contributed by atoms with van der Waals surface area (Å²) in [5.41, 5.74) is 0. The van der Waals surface area contributed by atoms with Gasteiger partial charge < -0.3 is 0 Å². The quantitative estimate of drug-likeness (QED) is 0.496. The molecule has 0 N–H and O–H groups in total. The minimum absolute atomic E-state index is 0. The van der Waals surface area contributed by atoms with E-state index < -0.39 is 0 Å². The zero-order chi connectivity index (χ0) is 0. The van der Waals surface area contributed by atoms with Crippen LogP contribution in [0, 0.1) is 0 Å². The summed E-state index contributed by atoms with van der Waals surface area (Å²) >= 11 is 0. The van der Waals surface area contributed by atoms with Crippen molar-refractivity contribution in [2.45, 2.75) is 0 Å². The monoisotopic (exact) mass is 296 g/mol. The van der Waals surface area contributed by atoms with Crippen LogP contribution in [0.5, 0.6) is 0 Å². The first-order chi connectivity index (χ1) is 0. The molecule has 0 aliphatic rings. The van der Waals surface area contributed by atoms with Crippen molar-refractivity contribution in [3.8, 4) is 0 Å². The molecular formula is BaCaSiZr. The fraction of sp³-hybridized carbons (Fsp3) is 0. The van der Waals surface area contributed by atoms with Crippen LogP contribution in [0.15, 0.2) is 0 Å². The van der Waals surface area contributed by atoms with Gasteiger partial charge in [0.05, 0.1) is 0 Å². The summed E-state index contributed by atoms with van der Waals surface area (Å²) < 4.78 is 0. The summed E-state index contributed by atoms with van der Waals surface area (Å²) in [6.45, 7) is 0. The molecule has 0 bridgehead atoms. The van der Waals surface area contributed by atoms with E-state index in [0.29, 0.717) is 0 Å².